The summed E-state index contributed by atoms with van der Waals surface area (Å²) in [4.78, 5) is 0. The van der Waals surface area contributed by atoms with Crippen LogP contribution in [0.25, 0.3) is 0 Å². The molecule has 1 unspecified atom stereocenters. The van der Waals surface area contributed by atoms with E-state index in [2.05, 4.69) is 41.1 Å². The predicted molar refractivity (Wildman–Crippen MR) is 92.0 cm³/mol. The van der Waals surface area contributed by atoms with E-state index < -0.39 is 0 Å². The van der Waals surface area contributed by atoms with E-state index in [1.54, 1.807) is 7.11 Å². The molecule has 1 aromatic rings. The van der Waals surface area contributed by atoms with Gasteiger partial charge in [0.05, 0.1) is 7.11 Å². The van der Waals surface area contributed by atoms with Crippen LogP contribution in [0.4, 0.5) is 0 Å². The van der Waals surface area contributed by atoms with Crippen molar-refractivity contribution >= 4 is 15.9 Å². The molecule has 0 aliphatic carbocycles. The molecule has 0 heterocycles. The highest BCUT2D eigenvalue weighted by molar-refractivity contribution is 9.09. The van der Waals surface area contributed by atoms with Crippen LogP contribution in [0, 0.1) is 5.92 Å². The molecule has 0 spiro atoms. The predicted octanol–water partition coefficient (Wildman–Crippen LogP) is 6.00. The molecule has 1 atom stereocenters. The molecule has 1 rings (SSSR count). The zero-order valence-corrected chi connectivity index (χ0v) is 14.6. The Bertz CT molecular complexity index is 351. The van der Waals surface area contributed by atoms with Gasteiger partial charge >= 0.3 is 0 Å². The van der Waals surface area contributed by atoms with Crippen molar-refractivity contribution in [1.82, 2.24) is 0 Å². The minimum atomic E-state index is 0.720. The smallest absolute Gasteiger partial charge is 0.122 e. The summed E-state index contributed by atoms with van der Waals surface area (Å²) >= 11 is 3.67. The number of ether oxygens (including phenoxy) is 1. The largest absolute Gasteiger partial charge is 0.496 e. The molecule has 0 bridgehead atoms. The third-order valence-corrected chi connectivity index (χ3v) is 4.80. The van der Waals surface area contributed by atoms with Crippen LogP contribution in [-0.2, 0) is 6.42 Å². The average molecular weight is 341 g/mol. The molecule has 0 radical (unpaired) electrons. The van der Waals surface area contributed by atoms with E-state index in [1.165, 1.54) is 50.5 Å². The van der Waals surface area contributed by atoms with Crippen molar-refractivity contribution in [3.05, 3.63) is 29.8 Å². The minimum absolute atomic E-state index is 0.720. The minimum Gasteiger partial charge on any atom is -0.496 e. The summed E-state index contributed by atoms with van der Waals surface area (Å²) in [5.41, 5.74) is 1.34. The Morgan fingerprint density at radius 3 is 2.45 bits per heavy atom. The summed E-state index contributed by atoms with van der Waals surface area (Å²) in [6.45, 7) is 2.27. The lowest BCUT2D eigenvalue weighted by Crippen LogP contribution is -2.07. The van der Waals surface area contributed by atoms with Gasteiger partial charge in [-0.1, -0.05) is 79.6 Å². The standard InChI is InChI=1S/C18H29BrO/c1-3-4-5-6-7-8-11-16(15-19)14-17-12-9-10-13-18(17)20-2/h9-10,12-13,16H,3-8,11,14-15H2,1-2H3. The van der Waals surface area contributed by atoms with E-state index in [-0.39, 0.29) is 0 Å². The number of unbranched alkanes of at least 4 members (excludes halogenated alkanes) is 5. The van der Waals surface area contributed by atoms with E-state index in [4.69, 9.17) is 4.74 Å². The average Bonchev–Trinajstić information content (AvgIpc) is 2.50. The van der Waals surface area contributed by atoms with Gasteiger partial charge < -0.3 is 4.74 Å². The van der Waals surface area contributed by atoms with E-state index in [0.29, 0.717) is 0 Å². The van der Waals surface area contributed by atoms with Gasteiger partial charge in [-0.3, -0.25) is 0 Å². The molecular formula is C18H29BrO. The summed E-state index contributed by atoms with van der Waals surface area (Å²) < 4.78 is 5.45. The highest BCUT2D eigenvalue weighted by atomic mass is 79.9. The topological polar surface area (TPSA) is 9.23 Å². The second-order valence-electron chi connectivity index (χ2n) is 5.59. The van der Waals surface area contributed by atoms with Crippen LogP contribution in [0.15, 0.2) is 24.3 Å². The molecule has 1 aromatic carbocycles. The normalized spacial score (nSPS) is 12.3. The van der Waals surface area contributed by atoms with Gasteiger partial charge in [0.15, 0.2) is 0 Å². The van der Waals surface area contributed by atoms with Gasteiger partial charge in [0.2, 0.25) is 0 Å². The Morgan fingerprint density at radius 1 is 1.05 bits per heavy atom. The third-order valence-electron chi connectivity index (χ3n) is 3.89. The molecule has 0 saturated heterocycles. The first-order valence-electron chi connectivity index (χ1n) is 7.99. The summed E-state index contributed by atoms with van der Waals surface area (Å²) in [6, 6.07) is 8.40. The Balaban J connectivity index is 2.31. The maximum atomic E-state index is 5.45. The van der Waals surface area contributed by atoms with Gasteiger partial charge in [0.1, 0.15) is 5.75 Å². The molecule has 0 aliphatic heterocycles. The van der Waals surface area contributed by atoms with Crippen molar-refractivity contribution in [2.75, 3.05) is 12.4 Å². The molecule has 0 fully saturated rings. The first kappa shape index (κ1) is 17.6. The fourth-order valence-corrected chi connectivity index (χ4v) is 3.18. The Kier molecular flexibility index (Phi) is 9.82. The monoisotopic (exact) mass is 340 g/mol. The zero-order chi connectivity index (χ0) is 14.6. The van der Waals surface area contributed by atoms with Crippen molar-refractivity contribution in [1.29, 1.82) is 0 Å². The van der Waals surface area contributed by atoms with Crippen LogP contribution >= 0.6 is 15.9 Å². The highest BCUT2D eigenvalue weighted by Crippen LogP contribution is 2.24. The Hall–Kier alpha value is -0.500. The van der Waals surface area contributed by atoms with Crippen LogP contribution in [0.3, 0.4) is 0 Å². The van der Waals surface area contributed by atoms with Crippen LogP contribution in [0.1, 0.15) is 57.4 Å². The fraction of sp³-hybridized carbons (Fsp3) is 0.667. The van der Waals surface area contributed by atoms with Gasteiger partial charge in [-0.2, -0.15) is 0 Å². The lowest BCUT2D eigenvalue weighted by atomic mass is 9.94. The summed E-state index contributed by atoms with van der Waals surface area (Å²) in [6.07, 6.45) is 10.7. The SMILES string of the molecule is CCCCCCCCC(CBr)Cc1ccccc1OC. The first-order chi connectivity index (χ1) is 9.81. The highest BCUT2D eigenvalue weighted by Gasteiger charge is 2.11. The van der Waals surface area contributed by atoms with Gasteiger partial charge in [-0.25, -0.2) is 0 Å². The number of methoxy groups -OCH3 is 1. The third kappa shape index (κ3) is 6.78. The van der Waals surface area contributed by atoms with E-state index >= 15 is 0 Å². The summed E-state index contributed by atoms with van der Waals surface area (Å²) in [5, 5.41) is 1.08. The maximum Gasteiger partial charge on any atom is 0.122 e. The Labute approximate surface area is 133 Å². The molecule has 20 heavy (non-hydrogen) atoms. The van der Waals surface area contributed by atoms with Crippen molar-refractivity contribution in [2.45, 2.75) is 58.3 Å². The summed E-state index contributed by atoms with van der Waals surface area (Å²) in [5.74, 6) is 1.75. The maximum absolute atomic E-state index is 5.45. The number of halogens is 1. The van der Waals surface area contributed by atoms with Crippen LogP contribution < -0.4 is 4.74 Å². The number of rotatable bonds is 11. The van der Waals surface area contributed by atoms with E-state index in [0.717, 1.165) is 23.4 Å². The number of hydrogen-bond acceptors (Lipinski definition) is 1. The van der Waals surface area contributed by atoms with Crippen LogP contribution in [0.2, 0.25) is 0 Å². The van der Waals surface area contributed by atoms with Crippen molar-refractivity contribution in [3.8, 4) is 5.75 Å². The molecular weight excluding hydrogens is 312 g/mol. The molecule has 0 N–H and O–H groups in total. The molecule has 0 aromatic heterocycles. The second-order valence-corrected chi connectivity index (χ2v) is 6.24. The van der Waals surface area contributed by atoms with E-state index in [1.807, 2.05) is 6.07 Å². The van der Waals surface area contributed by atoms with Crippen molar-refractivity contribution in [3.63, 3.8) is 0 Å². The van der Waals surface area contributed by atoms with Crippen molar-refractivity contribution < 1.29 is 4.74 Å². The number of benzene rings is 1. The fourth-order valence-electron chi connectivity index (χ4n) is 2.63. The summed E-state index contributed by atoms with van der Waals surface area (Å²) in [7, 11) is 1.76. The molecule has 1 nitrogen and oxygen atoms in total. The Morgan fingerprint density at radius 2 is 1.75 bits per heavy atom. The number of hydrogen-bond donors (Lipinski definition) is 0. The van der Waals surface area contributed by atoms with E-state index in [9.17, 15) is 0 Å². The second kappa shape index (κ2) is 11.2. The molecule has 0 aliphatic rings. The molecule has 0 amide bonds. The number of alkyl halides is 1. The molecule has 0 saturated carbocycles. The number of para-hydroxylation sites is 1. The zero-order valence-electron chi connectivity index (χ0n) is 13.0. The van der Waals surface area contributed by atoms with Gasteiger partial charge in [-0.05, 0) is 30.4 Å². The first-order valence-corrected chi connectivity index (χ1v) is 9.11. The van der Waals surface area contributed by atoms with Crippen LogP contribution in [-0.4, -0.2) is 12.4 Å². The molecule has 114 valence electrons. The van der Waals surface area contributed by atoms with Gasteiger partial charge in [-0.15, -0.1) is 0 Å². The quantitative estimate of drug-likeness (QED) is 0.354. The lowest BCUT2D eigenvalue weighted by Gasteiger charge is -2.16. The van der Waals surface area contributed by atoms with Crippen molar-refractivity contribution in [2.24, 2.45) is 5.92 Å². The lowest BCUT2D eigenvalue weighted by molar-refractivity contribution is 0.403. The van der Waals surface area contributed by atoms with Gasteiger partial charge in [0, 0.05) is 5.33 Å². The van der Waals surface area contributed by atoms with Gasteiger partial charge in [0.25, 0.3) is 0 Å². The van der Waals surface area contributed by atoms with Crippen LogP contribution in [0.5, 0.6) is 5.75 Å². The molecule has 2 heteroatoms.